The van der Waals surface area contributed by atoms with E-state index in [9.17, 15) is 24.3 Å². The van der Waals surface area contributed by atoms with Gasteiger partial charge in [-0.05, 0) is 95.1 Å². The van der Waals surface area contributed by atoms with Gasteiger partial charge in [0.05, 0.1) is 12.6 Å². The average Bonchev–Trinajstić information content (AvgIpc) is 3.61. The first kappa shape index (κ1) is 46.1. The molecule has 0 saturated heterocycles. The van der Waals surface area contributed by atoms with Gasteiger partial charge in [0.25, 0.3) is 0 Å². The molecule has 0 bridgehead atoms. The van der Waals surface area contributed by atoms with Gasteiger partial charge in [0.15, 0.2) is 0 Å². The molecule has 0 aliphatic heterocycles. The number of amides is 3. The van der Waals surface area contributed by atoms with E-state index in [0.717, 1.165) is 44.7 Å². The number of aliphatic carboxylic acids is 1. The Bertz CT molecular complexity index is 2210. The molecule has 0 spiro atoms. The first-order chi connectivity index (χ1) is 30.4. The minimum atomic E-state index is -1.18. The molecule has 63 heavy (non-hydrogen) atoms. The number of carboxylic acid groups (broad SMARTS) is 1. The second-order valence-electron chi connectivity index (χ2n) is 16.9. The van der Waals surface area contributed by atoms with Gasteiger partial charge in [-0.3, -0.25) is 14.9 Å². The van der Waals surface area contributed by atoms with Gasteiger partial charge in [-0.1, -0.05) is 149 Å². The van der Waals surface area contributed by atoms with Crippen molar-refractivity contribution < 1.29 is 33.8 Å². The smallest absolute Gasteiger partial charge is 0.407 e. The quantitative estimate of drug-likeness (QED) is 0.0364. The van der Waals surface area contributed by atoms with Crippen LogP contribution in [0.1, 0.15) is 87.1 Å². The monoisotopic (exact) mass is 852 g/mol. The van der Waals surface area contributed by atoms with Crippen molar-refractivity contribution in [1.29, 1.82) is 0 Å². The van der Waals surface area contributed by atoms with Crippen molar-refractivity contribution in [2.45, 2.75) is 83.0 Å². The maximum absolute atomic E-state index is 13.8. The Morgan fingerprint density at radius 3 is 1.68 bits per heavy atom. The second kappa shape index (κ2) is 21.6. The van der Waals surface area contributed by atoms with Gasteiger partial charge in [0.2, 0.25) is 11.8 Å². The average molecular weight is 853 g/mol. The molecule has 0 fully saturated rings. The van der Waals surface area contributed by atoms with E-state index in [1.165, 1.54) is 0 Å². The third-order valence-electron chi connectivity index (χ3n) is 11.8. The van der Waals surface area contributed by atoms with Gasteiger partial charge in [-0.25, -0.2) is 9.59 Å². The zero-order chi connectivity index (χ0) is 44.9. The maximum atomic E-state index is 13.8. The van der Waals surface area contributed by atoms with Crippen LogP contribution in [0.2, 0.25) is 0 Å². The maximum Gasteiger partial charge on any atom is 0.407 e. The van der Waals surface area contributed by atoms with E-state index >= 15 is 0 Å². The predicted octanol–water partition coefficient (Wildman–Crippen LogP) is 8.41. The Kier molecular flexibility index (Phi) is 15.8. The van der Waals surface area contributed by atoms with Gasteiger partial charge >= 0.3 is 12.1 Å². The zero-order valence-electron chi connectivity index (χ0n) is 36.8. The number of carbonyl (C=O) groups is 4. The first-order valence-corrected chi connectivity index (χ1v) is 21.9. The molecule has 1 aliphatic carbocycles. The largest absolute Gasteiger partial charge is 0.497 e. The molecular weight excluding hydrogens is 793 g/mol. The van der Waals surface area contributed by atoms with Crippen molar-refractivity contribution in [2.24, 2.45) is 11.8 Å². The van der Waals surface area contributed by atoms with Crippen molar-refractivity contribution in [3.05, 3.63) is 161 Å². The molecule has 0 saturated carbocycles. The van der Waals surface area contributed by atoms with Crippen LogP contribution >= 0.6 is 0 Å². The molecule has 0 aromatic heterocycles. The van der Waals surface area contributed by atoms with Crippen LogP contribution in [-0.4, -0.2) is 67.4 Å². The lowest BCUT2D eigenvalue weighted by atomic mass is 9.77. The number of unbranched alkanes of at least 4 members (excludes halogenated alkanes) is 1. The third kappa shape index (κ3) is 11.1. The lowest BCUT2D eigenvalue weighted by molar-refractivity contribution is -0.142. The number of benzene rings is 5. The van der Waals surface area contributed by atoms with Crippen LogP contribution in [0.5, 0.6) is 5.75 Å². The summed E-state index contributed by atoms with van der Waals surface area (Å²) in [6, 6.07) is 41.2. The molecule has 3 amide bonds. The number of alkyl carbamates (subject to hydrolysis) is 1. The van der Waals surface area contributed by atoms with Crippen molar-refractivity contribution in [3.63, 3.8) is 0 Å². The van der Waals surface area contributed by atoms with E-state index in [2.05, 4.69) is 69.8 Å². The third-order valence-corrected chi connectivity index (χ3v) is 11.8. The SMILES string of the molecule is COc1ccc(C(NCCCC[C@H](NC(=O)[C@H](CC(C)C)NC(=O)[C@@H](NC(=O)OCC2c3ccccc3-c3ccccc32)C(C)C)C(=O)O)(c2ccccc2)c2ccccc2)cc1. The molecule has 3 atom stereocenters. The highest BCUT2D eigenvalue weighted by Crippen LogP contribution is 2.44. The van der Waals surface area contributed by atoms with Crippen LogP contribution in [0.3, 0.4) is 0 Å². The minimum Gasteiger partial charge on any atom is -0.497 e. The Hall–Kier alpha value is -6.46. The highest BCUT2D eigenvalue weighted by Gasteiger charge is 2.37. The standard InChI is InChI=1S/C52H60N4O7/c1-34(2)32-46(55-49(58)47(35(3)4)56-51(61)63-33-44-42-24-14-12-22-40(42)41-23-13-15-25-43(41)44)48(57)54-45(50(59)60)26-16-17-31-53-52(36-18-8-6-9-19-36,37-20-10-7-11-21-37)38-27-29-39(62-5)30-28-38/h6-15,18-25,27-30,34-35,44-47,53H,16-17,26,31-33H2,1-5H3,(H,54,57)(H,55,58)(H,56,61)(H,59,60)/t45-,46-,47-/m0/s1. The van der Waals surface area contributed by atoms with E-state index in [-0.39, 0.29) is 37.2 Å². The Labute approximate surface area is 371 Å². The number of rotatable bonds is 21. The number of hydrogen-bond acceptors (Lipinski definition) is 7. The molecule has 0 unspecified atom stereocenters. The minimum absolute atomic E-state index is 0.0109. The lowest BCUT2D eigenvalue weighted by Gasteiger charge is -2.37. The van der Waals surface area contributed by atoms with E-state index in [0.29, 0.717) is 19.4 Å². The van der Waals surface area contributed by atoms with Crippen LogP contribution in [-0.2, 0) is 24.7 Å². The normalized spacial score (nSPS) is 13.6. The summed E-state index contributed by atoms with van der Waals surface area (Å²) in [6.07, 6.45) is 0.796. The van der Waals surface area contributed by atoms with Crippen LogP contribution in [0.25, 0.3) is 11.1 Å². The molecule has 0 heterocycles. The van der Waals surface area contributed by atoms with Gasteiger partial charge in [0, 0.05) is 5.92 Å². The Morgan fingerprint density at radius 2 is 1.16 bits per heavy atom. The van der Waals surface area contributed by atoms with Crippen molar-refractivity contribution in [1.82, 2.24) is 21.3 Å². The van der Waals surface area contributed by atoms with Crippen LogP contribution in [0.4, 0.5) is 4.79 Å². The van der Waals surface area contributed by atoms with Gasteiger partial charge in [-0.2, -0.15) is 0 Å². The number of hydrogen-bond donors (Lipinski definition) is 5. The molecule has 5 aromatic carbocycles. The molecule has 330 valence electrons. The molecule has 11 heteroatoms. The summed E-state index contributed by atoms with van der Waals surface area (Å²) < 4.78 is 11.2. The number of methoxy groups -OCH3 is 1. The van der Waals surface area contributed by atoms with E-state index in [4.69, 9.17) is 9.47 Å². The van der Waals surface area contributed by atoms with Crippen molar-refractivity contribution in [3.8, 4) is 16.9 Å². The van der Waals surface area contributed by atoms with Crippen LogP contribution in [0.15, 0.2) is 133 Å². The molecule has 6 rings (SSSR count). The van der Waals surface area contributed by atoms with E-state index in [1.807, 2.05) is 98.8 Å². The highest BCUT2D eigenvalue weighted by molar-refractivity contribution is 5.93. The second-order valence-corrected chi connectivity index (χ2v) is 16.9. The summed E-state index contributed by atoms with van der Waals surface area (Å²) in [5, 5.41) is 22.3. The fourth-order valence-corrected chi connectivity index (χ4v) is 8.57. The first-order valence-electron chi connectivity index (χ1n) is 21.9. The van der Waals surface area contributed by atoms with E-state index < -0.39 is 47.5 Å². The summed E-state index contributed by atoms with van der Waals surface area (Å²) in [4.78, 5) is 53.4. The van der Waals surface area contributed by atoms with Gasteiger partial charge < -0.3 is 30.5 Å². The molecule has 0 radical (unpaired) electrons. The van der Waals surface area contributed by atoms with Gasteiger partial charge in [0.1, 0.15) is 30.5 Å². The summed E-state index contributed by atoms with van der Waals surface area (Å²) in [7, 11) is 1.64. The van der Waals surface area contributed by atoms with E-state index in [1.54, 1.807) is 21.0 Å². The number of ether oxygens (including phenoxy) is 2. The fourth-order valence-electron chi connectivity index (χ4n) is 8.57. The number of nitrogens with one attached hydrogen (secondary N) is 4. The summed E-state index contributed by atoms with van der Waals surface area (Å²) in [5.74, 6) is -2.08. The fraction of sp³-hybridized carbons (Fsp3) is 0.346. The van der Waals surface area contributed by atoms with Crippen molar-refractivity contribution >= 4 is 23.9 Å². The molecule has 5 N–H and O–H groups in total. The summed E-state index contributed by atoms with van der Waals surface area (Å²) in [5.41, 5.74) is 6.74. The lowest BCUT2D eigenvalue weighted by Crippen LogP contribution is -2.57. The summed E-state index contributed by atoms with van der Waals surface area (Å²) in [6.45, 7) is 8.04. The number of fused-ring (bicyclic) bond motifs is 3. The predicted molar refractivity (Wildman–Crippen MR) is 245 cm³/mol. The molecular formula is C52H60N4O7. The highest BCUT2D eigenvalue weighted by atomic mass is 16.5. The Balaban J connectivity index is 1.07. The molecule has 5 aromatic rings. The Morgan fingerprint density at radius 1 is 0.635 bits per heavy atom. The summed E-state index contributed by atoms with van der Waals surface area (Å²) >= 11 is 0. The molecule has 11 nitrogen and oxygen atoms in total. The van der Waals surface area contributed by atoms with Crippen molar-refractivity contribution in [2.75, 3.05) is 20.3 Å². The number of carboxylic acids is 1. The van der Waals surface area contributed by atoms with Gasteiger partial charge in [-0.15, -0.1) is 0 Å². The number of carbonyl (C=O) groups excluding carboxylic acids is 3. The molecule has 1 aliphatic rings. The van der Waals surface area contributed by atoms with Crippen LogP contribution < -0.4 is 26.0 Å². The van der Waals surface area contributed by atoms with Crippen LogP contribution in [0, 0.1) is 11.8 Å². The zero-order valence-corrected chi connectivity index (χ0v) is 36.8. The topological polar surface area (TPSA) is 155 Å².